The van der Waals surface area contributed by atoms with Crippen LogP contribution in [0.25, 0.3) is 33.4 Å². The number of fused-ring (bicyclic) bond motifs is 6. The molecule has 4 amide bonds. The average Bonchev–Trinajstić information content (AvgIpc) is 4.05. The molecule has 0 unspecified atom stereocenters. The minimum Gasteiger partial charge on any atom is -0.464 e. The number of nitrogens with zero attached hydrogens (tertiary/aromatic N) is 6. The summed E-state index contributed by atoms with van der Waals surface area (Å²) in [5, 5.41) is 8.08. The van der Waals surface area contributed by atoms with Crippen LogP contribution >= 0.6 is 78.8 Å². The first-order valence-electron chi connectivity index (χ1n) is 22.7. The molecule has 21 heteroatoms. The van der Waals surface area contributed by atoms with Gasteiger partial charge in [0.05, 0.1) is 40.7 Å². The van der Waals surface area contributed by atoms with E-state index in [1.165, 1.54) is 21.2 Å². The number of nitrogens with one attached hydrogen (secondary N) is 2. The van der Waals surface area contributed by atoms with E-state index in [-0.39, 0.29) is 111 Å². The normalized spacial score (nSPS) is 19.5. The van der Waals surface area contributed by atoms with Crippen LogP contribution in [0.4, 0.5) is 0 Å². The Balaban J connectivity index is 0.00000336. The molecular formula is C49H72N8O7S6. The molecule has 1 aromatic carbocycles. The molecule has 0 aliphatic carbocycles. The summed E-state index contributed by atoms with van der Waals surface area (Å²) in [7, 11) is 3.28. The maximum absolute atomic E-state index is 14.6. The summed E-state index contributed by atoms with van der Waals surface area (Å²) in [4.78, 5) is 82.2. The van der Waals surface area contributed by atoms with Crippen LogP contribution < -0.4 is 10.7 Å². The lowest BCUT2D eigenvalue weighted by Gasteiger charge is -2.36. The Hall–Kier alpha value is -3.88. The van der Waals surface area contributed by atoms with E-state index in [1.807, 2.05) is 32.2 Å². The third-order valence-corrected chi connectivity index (χ3v) is 13.7. The highest BCUT2D eigenvalue weighted by molar-refractivity contribution is 7.60. The standard InChI is InChI=1S/C49H62N8O7S.5H2S/c1-10-14-41(58)55-22-19-32(26-55)46(60)54(8)43(29(3)4)45(59)52-37-24-40-51-38(27-65-40)31-17-18-39-34(23-31)35(44(56(39)11-2)33-15-12-20-50-42(33)30(5)63-9)25-49(6,7)28-64-48(62)36-16-13-21-57(53-36)47(37)61;;;;;/h12,15,17-18,20,23,27,29-30,32,36-37,43,53H,11,13,16,19,21-22,24-26,28H2,1-9H3,(H,52,59);5*1H2/t30-,32+,36-,37-,43-;;;;;/m0...../s1. The van der Waals surface area contributed by atoms with Crippen molar-refractivity contribution in [3.8, 4) is 34.4 Å². The van der Waals surface area contributed by atoms with E-state index < -0.39 is 47.2 Å². The summed E-state index contributed by atoms with van der Waals surface area (Å²) in [6, 6.07) is 7.60. The Bertz CT molecular complexity index is 2540. The number of methoxy groups -OCH3 is 1. The summed E-state index contributed by atoms with van der Waals surface area (Å²) >= 11 is 1.40. The second-order valence-electron chi connectivity index (χ2n) is 18.5. The number of benzene rings is 1. The van der Waals surface area contributed by atoms with E-state index in [0.717, 1.165) is 44.7 Å². The van der Waals surface area contributed by atoms with Crippen molar-refractivity contribution in [1.82, 2.24) is 40.1 Å². The Morgan fingerprint density at radius 1 is 1.07 bits per heavy atom. The highest BCUT2D eigenvalue weighted by Crippen LogP contribution is 2.42. The van der Waals surface area contributed by atoms with E-state index in [1.54, 1.807) is 32.2 Å². The number of hydrazine groups is 1. The van der Waals surface area contributed by atoms with Crippen LogP contribution in [0.15, 0.2) is 41.9 Å². The van der Waals surface area contributed by atoms with Crippen molar-refractivity contribution in [2.45, 2.75) is 111 Å². The van der Waals surface area contributed by atoms with Gasteiger partial charge in [0.1, 0.15) is 18.1 Å². The van der Waals surface area contributed by atoms with Gasteiger partial charge in [0.2, 0.25) is 11.8 Å². The van der Waals surface area contributed by atoms with Gasteiger partial charge in [-0.3, -0.25) is 34.0 Å². The first-order valence-corrected chi connectivity index (χ1v) is 23.5. The number of aryl methyl sites for hydroxylation is 1. The molecule has 386 valence electrons. The van der Waals surface area contributed by atoms with Crippen LogP contribution in [0.5, 0.6) is 0 Å². The SMILES string of the molecule is CC#CC(=O)N1CC[C@@H](C(=O)N(C)[C@H](C(=O)N[C@H]2Cc3nc(cs3)-c3ccc4c(c3)c(c(-c3cccnc3[C@H](C)OC)n4CC)CC(C)(C)COC(=O)[C@@H]3CCCN(N3)C2=O)C(C)C)C1.S.S.S.S.S. The maximum atomic E-state index is 14.6. The zero-order chi connectivity index (χ0) is 46.7. The number of pyridine rings is 1. The minimum atomic E-state index is -1.09. The van der Waals surface area contributed by atoms with Gasteiger partial charge in [-0.1, -0.05) is 39.7 Å². The lowest BCUT2D eigenvalue weighted by Crippen LogP contribution is -2.62. The van der Waals surface area contributed by atoms with E-state index >= 15 is 0 Å². The van der Waals surface area contributed by atoms with Crippen molar-refractivity contribution in [3.63, 3.8) is 0 Å². The number of amides is 4. The van der Waals surface area contributed by atoms with Crippen LogP contribution in [0, 0.1) is 29.1 Å². The maximum Gasteiger partial charge on any atom is 0.324 e. The molecule has 6 heterocycles. The number of likely N-dealkylation sites (tertiary alicyclic amines) is 1. The number of ether oxygens (including phenoxy) is 2. The number of aromatic nitrogens is 3. The third-order valence-electron chi connectivity index (χ3n) is 12.9. The monoisotopic (exact) mass is 1080 g/mol. The molecule has 2 N–H and O–H groups in total. The molecule has 70 heavy (non-hydrogen) atoms. The second kappa shape index (κ2) is 26.7. The largest absolute Gasteiger partial charge is 0.464 e. The lowest BCUT2D eigenvalue weighted by molar-refractivity contribution is -0.155. The van der Waals surface area contributed by atoms with Gasteiger partial charge in [0.25, 0.3) is 11.8 Å². The molecule has 5 atom stereocenters. The fourth-order valence-corrected chi connectivity index (χ4v) is 10.4. The van der Waals surface area contributed by atoms with Gasteiger partial charge in [-0.05, 0) is 88.1 Å². The number of likely N-dealkylation sites (N-methyl/N-ethyl adjacent to an activating group) is 1. The molecule has 0 radical (unpaired) electrons. The summed E-state index contributed by atoms with van der Waals surface area (Å²) < 4.78 is 14.2. The highest BCUT2D eigenvalue weighted by atomic mass is 32.1. The van der Waals surface area contributed by atoms with Crippen LogP contribution in [-0.2, 0) is 52.8 Å². The van der Waals surface area contributed by atoms with Gasteiger partial charge >= 0.3 is 5.97 Å². The molecule has 6 bridgehead atoms. The fraction of sp³-hybridized carbons (Fsp3) is 0.531. The van der Waals surface area contributed by atoms with E-state index in [4.69, 9.17) is 19.4 Å². The van der Waals surface area contributed by atoms with Gasteiger partial charge in [-0.15, -0.1) is 11.3 Å². The molecule has 3 aliphatic rings. The molecule has 15 nitrogen and oxygen atoms in total. The zero-order valence-electron chi connectivity index (χ0n) is 41.5. The number of hydrogen-bond donors (Lipinski definition) is 2. The van der Waals surface area contributed by atoms with Crippen molar-refractivity contribution in [2.75, 3.05) is 40.4 Å². The Morgan fingerprint density at radius 3 is 2.47 bits per heavy atom. The number of carbonyl (C=O) groups is 5. The molecule has 0 saturated carbocycles. The average molecular weight is 1080 g/mol. The number of carbonyl (C=O) groups excluding carboxylic acids is 5. The number of esters is 1. The summed E-state index contributed by atoms with van der Waals surface area (Å²) in [5.41, 5.74) is 9.24. The van der Waals surface area contributed by atoms with Crippen molar-refractivity contribution in [1.29, 1.82) is 0 Å². The predicted molar refractivity (Wildman–Crippen MR) is 301 cm³/mol. The number of cyclic esters (lactones) is 1. The van der Waals surface area contributed by atoms with Crippen LogP contribution in [-0.4, -0.2) is 117 Å². The summed E-state index contributed by atoms with van der Waals surface area (Å²) in [5.74, 6) is 2.40. The van der Waals surface area contributed by atoms with Crippen LogP contribution in [0.1, 0.15) is 90.1 Å². The number of thiazole rings is 1. The first-order chi connectivity index (χ1) is 31.0. The fourth-order valence-electron chi connectivity index (χ4n) is 9.50. The van der Waals surface area contributed by atoms with Gasteiger partial charge < -0.3 is 29.2 Å². The van der Waals surface area contributed by atoms with Gasteiger partial charge in [0.15, 0.2) is 0 Å². The van der Waals surface area contributed by atoms with E-state index in [0.29, 0.717) is 50.3 Å². The van der Waals surface area contributed by atoms with Gasteiger partial charge in [-0.2, -0.15) is 67.5 Å². The molecule has 3 aliphatic heterocycles. The van der Waals surface area contributed by atoms with Crippen molar-refractivity contribution >= 4 is 119 Å². The molecule has 2 fully saturated rings. The number of rotatable bonds is 9. The molecule has 4 aromatic rings. The topological polar surface area (TPSA) is 168 Å². The van der Waals surface area contributed by atoms with E-state index in [9.17, 15) is 24.0 Å². The Labute approximate surface area is 451 Å². The van der Waals surface area contributed by atoms with E-state index in [2.05, 4.69) is 72.2 Å². The van der Waals surface area contributed by atoms with Crippen LogP contribution in [0.2, 0.25) is 0 Å². The highest BCUT2D eigenvalue weighted by Gasteiger charge is 2.40. The lowest BCUT2D eigenvalue weighted by atomic mass is 9.84. The Kier molecular flexibility index (Phi) is 23.7. The minimum absolute atomic E-state index is 0. The van der Waals surface area contributed by atoms with Crippen molar-refractivity contribution in [2.24, 2.45) is 17.3 Å². The number of hydrogen-bond acceptors (Lipinski definition) is 11. The van der Waals surface area contributed by atoms with Crippen molar-refractivity contribution in [3.05, 3.63) is 58.2 Å². The molecule has 2 saturated heterocycles. The smallest absolute Gasteiger partial charge is 0.324 e. The van der Waals surface area contributed by atoms with Gasteiger partial charge in [0, 0.05) is 85.8 Å². The quantitative estimate of drug-likeness (QED) is 0.147. The van der Waals surface area contributed by atoms with Crippen LogP contribution in [0.3, 0.4) is 0 Å². The third kappa shape index (κ3) is 13.4. The second-order valence-corrected chi connectivity index (χ2v) is 19.5. The summed E-state index contributed by atoms with van der Waals surface area (Å²) in [6.45, 7) is 15.4. The molecule has 7 rings (SSSR count). The first kappa shape index (κ1) is 62.2. The molecule has 3 aromatic heterocycles. The van der Waals surface area contributed by atoms with Crippen molar-refractivity contribution < 1.29 is 33.4 Å². The van der Waals surface area contributed by atoms with Gasteiger partial charge in [-0.25, -0.2) is 10.4 Å². The molecule has 0 spiro atoms. The predicted octanol–water partition coefficient (Wildman–Crippen LogP) is 6.12. The zero-order valence-corrected chi connectivity index (χ0v) is 47.3. The molecular weight excluding hydrogens is 1000 g/mol. The Morgan fingerprint density at radius 2 is 1.80 bits per heavy atom. The summed E-state index contributed by atoms with van der Waals surface area (Å²) in [6.07, 6.45) is 3.64.